The Kier molecular flexibility index (Phi) is 4.37. The molecule has 0 heterocycles. The quantitative estimate of drug-likeness (QED) is 0.667. The number of rotatable bonds is 4. The molecule has 2 rings (SSSR count). The molecule has 2 aromatic carbocycles. The van der Waals surface area contributed by atoms with E-state index in [-0.39, 0.29) is 29.5 Å². The van der Waals surface area contributed by atoms with Gasteiger partial charge in [-0.3, -0.25) is 4.79 Å². The van der Waals surface area contributed by atoms with Gasteiger partial charge in [-0.15, -0.1) is 0 Å². The first kappa shape index (κ1) is 14.5. The summed E-state index contributed by atoms with van der Waals surface area (Å²) >= 11 is 11.7. The fraction of sp³-hybridized carbons (Fsp3) is 0.0714. The van der Waals surface area contributed by atoms with Gasteiger partial charge in [-0.1, -0.05) is 23.2 Å². The summed E-state index contributed by atoms with van der Waals surface area (Å²) in [5.41, 5.74) is 0.221. The van der Waals surface area contributed by atoms with Crippen LogP contribution in [0.3, 0.4) is 0 Å². The molecule has 2 N–H and O–H groups in total. The Hall–Kier alpha value is -1.91. The van der Waals surface area contributed by atoms with E-state index in [9.17, 15) is 15.0 Å². The van der Waals surface area contributed by atoms with E-state index in [1.54, 1.807) is 12.1 Å². The number of hydrogen-bond acceptors (Lipinski definition) is 4. The summed E-state index contributed by atoms with van der Waals surface area (Å²) in [5, 5.41) is 19.3. The van der Waals surface area contributed by atoms with E-state index in [0.29, 0.717) is 15.8 Å². The lowest BCUT2D eigenvalue weighted by atomic mass is 10.1. The van der Waals surface area contributed by atoms with Crippen molar-refractivity contribution in [2.24, 2.45) is 0 Å². The van der Waals surface area contributed by atoms with E-state index in [1.165, 1.54) is 24.3 Å². The van der Waals surface area contributed by atoms with Crippen molar-refractivity contribution in [3.05, 3.63) is 52.0 Å². The molecule has 0 atom stereocenters. The van der Waals surface area contributed by atoms with Gasteiger partial charge in [0.1, 0.15) is 5.75 Å². The fourth-order valence-corrected chi connectivity index (χ4v) is 1.85. The molecule has 0 aliphatic heterocycles. The highest BCUT2D eigenvalue weighted by molar-refractivity contribution is 6.34. The van der Waals surface area contributed by atoms with Gasteiger partial charge in [-0.05, 0) is 30.3 Å². The van der Waals surface area contributed by atoms with Crippen molar-refractivity contribution in [3.8, 4) is 17.2 Å². The third kappa shape index (κ3) is 3.35. The largest absolute Gasteiger partial charge is 0.504 e. The summed E-state index contributed by atoms with van der Waals surface area (Å²) in [5.74, 6) is -0.719. The average Bonchev–Trinajstić information content (AvgIpc) is 2.42. The number of carbonyl (C=O) groups excluding carboxylic acids is 1. The summed E-state index contributed by atoms with van der Waals surface area (Å²) in [6.45, 7) is -0.260. The maximum Gasteiger partial charge on any atom is 0.200 e. The van der Waals surface area contributed by atoms with E-state index >= 15 is 0 Å². The van der Waals surface area contributed by atoms with Crippen LogP contribution in [-0.4, -0.2) is 22.6 Å². The molecule has 0 aliphatic rings. The molecule has 0 radical (unpaired) electrons. The van der Waals surface area contributed by atoms with Gasteiger partial charge in [-0.25, -0.2) is 0 Å². The lowest BCUT2D eigenvalue weighted by Crippen LogP contribution is -2.11. The monoisotopic (exact) mass is 312 g/mol. The van der Waals surface area contributed by atoms with Crippen LogP contribution in [0.15, 0.2) is 36.4 Å². The van der Waals surface area contributed by atoms with E-state index in [4.69, 9.17) is 27.9 Å². The number of ketones is 1. The maximum atomic E-state index is 11.9. The van der Waals surface area contributed by atoms with Crippen LogP contribution in [0.1, 0.15) is 10.4 Å². The van der Waals surface area contributed by atoms with E-state index in [2.05, 4.69) is 0 Å². The molecular formula is C14H10Cl2O4. The molecule has 0 unspecified atom stereocenters. The summed E-state index contributed by atoms with van der Waals surface area (Å²) in [6, 6.07) is 8.47. The van der Waals surface area contributed by atoms with Gasteiger partial charge in [0.05, 0.1) is 5.02 Å². The minimum atomic E-state index is -0.364. The third-order valence-corrected chi connectivity index (χ3v) is 3.10. The number of aromatic hydroxyl groups is 2. The average molecular weight is 313 g/mol. The van der Waals surface area contributed by atoms with Crippen LogP contribution in [-0.2, 0) is 0 Å². The SMILES string of the molecule is O=C(COc1cc(Cl)ccc1Cl)c1ccc(O)c(O)c1. The van der Waals surface area contributed by atoms with E-state index in [1.807, 2.05) is 0 Å². The van der Waals surface area contributed by atoms with E-state index in [0.717, 1.165) is 0 Å². The summed E-state index contributed by atoms with van der Waals surface area (Å²) in [6.07, 6.45) is 0. The number of phenols is 2. The van der Waals surface area contributed by atoms with Gasteiger partial charge < -0.3 is 14.9 Å². The van der Waals surface area contributed by atoms with Crippen molar-refractivity contribution in [2.45, 2.75) is 0 Å². The predicted molar refractivity (Wildman–Crippen MR) is 76.1 cm³/mol. The Bertz CT molecular complexity index is 656. The third-order valence-electron chi connectivity index (χ3n) is 2.55. The standard InChI is InChI=1S/C14H10Cl2O4/c15-9-2-3-10(16)14(6-9)20-7-13(19)8-1-4-11(17)12(18)5-8/h1-6,17-18H,7H2. The summed E-state index contributed by atoms with van der Waals surface area (Å²) < 4.78 is 5.29. The minimum Gasteiger partial charge on any atom is -0.504 e. The molecule has 0 amide bonds. The van der Waals surface area contributed by atoms with Crippen LogP contribution in [0.5, 0.6) is 17.2 Å². The first-order valence-corrected chi connectivity index (χ1v) is 6.36. The van der Waals surface area contributed by atoms with Crippen LogP contribution < -0.4 is 4.74 Å². The number of Topliss-reactive ketones (excluding diaryl/α,β-unsaturated/α-hetero) is 1. The number of ether oxygens (including phenoxy) is 1. The van der Waals surface area contributed by atoms with Crippen LogP contribution in [0, 0.1) is 0 Å². The summed E-state index contributed by atoms with van der Waals surface area (Å²) in [7, 11) is 0. The molecule has 0 bridgehead atoms. The molecule has 0 saturated heterocycles. The topological polar surface area (TPSA) is 66.8 Å². The van der Waals surface area contributed by atoms with Crippen molar-refractivity contribution in [1.29, 1.82) is 0 Å². The zero-order valence-electron chi connectivity index (χ0n) is 10.1. The second-order valence-corrected chi connectivity index (χ2v) is 4.83. The van der Waals surface area contributed by atoms with Crippen LogP contribution in [0.25, 0.3) is 0 Å². The normalized spacial score (nSPS) is 10.3. The molecule has 0 spiro atoms. The highest BCUT2D eigenvalue weighted by Crippen LogP contribution is 2.28. The fourth-order valence-electron chi connectivity index (χ4n) is 1.51. The van der Waals surface area contributed by atoms with Gasteiger partial charge in [0, 0.05) is 16.7 Å². The molecule has 6 heteroatoms. The molecule has 4 nitrogen and oxygen atoms in total. The lowest BCUT2D eigenvalue weighted by molar-refractivity contribution is 0.0921. The minimum absolute atomic E-state index is 0.221. The molecule has 20 heavy (non-hydrogen) atoms. The molecular weight excluding hydrogens is 303 g/mol. The molecule has 0 saturated carbocycles. The number of carbonyl (C=O) groups is 1. The van der Waals surface area contributed by atoms with Crippen LogP contribution >= 0.6 is 23.2 Å². The highest BCUT2D eigenvalue weighted by atomic mass is 35.5. The zero-order chi connectivity index (χ0) is 14.7. The number of phenolic OH excluding ortho intramolecular Hbond substituents is 2. The van der Waals surface area contributed by atoms with Crippen molar-refractivity contribution in [1.82, 2.24) is 0 Å². The Morgan fingerprint density at radius 2 is 1.80 bits per heavy atom. The van der Waals surface area contributed by atoms with Crippen molar-refractivity contribution >= 4 is 29.0 Å². The second kappa shape index (κ2) is 6.03. The number of hydrogen-bond donors (Lipinski definition) is 2. The number of halogens is 2. The number of benzene rings is 2. The molecule has 0 fully saturated rings. The smallest absolute Gasteiger partial charge is 0.200 e. The van der Waals surface area contributed by atoms with Gasteiger partial charge in [0.2, 0.25) is 0 Å². The molecule has 104 valence electrons. The second-order valence-electron chi connectivity index (χ2n) is 3.99. The predicted octanol–water partition coefficient (Wildman–Crippen LogP) is 3.67. The first-order chi connectivity index (χ1) is 9.47. The van der Waals surface area contributed by atoms with Gasteiger partial charge in [-0.2, -0.15) is 0 Å². The van der Waals surface area contributed by atoms with Gasteiger partial charge in [0.15, 0.2) is 23.9 Å². The Labute approximate surface area is 125 Å². The van der Waals surface area contributed by atoms with Gasteiger partial charge >= 0.3 is 0 Å². The molecule has 0 aliphatic carbocycles. The highest BCUT2D eigenvalue weighted by Gasteiger charge is 2.11. The maximum absolute atomic E-state index is 11.9. The Morgan fingerprint density at radius 3 is 2.50 bits per heavy atom. The van der Waals surface area contributed by atoms with Crippen molar-refractivity contribution in [2.75, 3.05) is 6.61 Å². The summed E-state index contributed by atoms with van der Waals surface area (Å²) in [4.78, 5) is 11.9. The molecule has 0 aromatic heterocycles. The first-order valence-electron chi connectivity index (χ1n) is 5.60. The van der Waals surface area contributed by atoms with Gasteiger partial charge in [0.25, 0.3) is 0 Å². The van der Waals surface area contributed by atoms with E-state index < -0.39 is 0 Å². The van der Waals surface area contributed by atoms with Crippen LogP contribution in [0.4, 0.5) is 0 Å². The Balaban J connectivity index is 2.08. The van der Waals surface area contributed by atoms with Crippen LogP contribution in [0.2, 0.25) is 10.0 Å². The Morgan fingerprint density at radius 1 is 1.05 bits per heavy atom. The zero-order valence-corrected chi connectivity index (χ0v) is 11.6. The van der Waals surface area contributed by atoms with Crippen molar-refractivity contribution in [3.63, 3.8) is 0 Å². The molecule has 2 aromatic rings. The lowest BCUT2D eigenvalue weighted by Gasteiger charge is -2.08. The van der Waals surface area contributed by atoms with Crippen molar-refractivity contribution < 1.29 is 19.7 Å².